The van der Waals surface area contributed by atoms with E-state index in [0.29, 0.717) is 0 Å². The second-order valence-corrected chi connectivity index (χ2v) is 4.35. The first-order valence-electron chi connectivity index (χ1n) is 5.86. The summed E-state index contributed by atoms with van der Waals surface area (Å²) in [4.78, 5) is 2.49. The van der Waals surface area contributed by atoms with Gasteiger partial charge in [0.25, 0.3) is 0 Å². The lowest BCUT2D eigenvalue weighted by molar-refractivity contribution is 0.945. The van der Waals surface area contributed by atoms with E-state index in [9.17, 15) is 0 Å². The lowest BCUT2D eigenvalue weighted by atomic mass is 10.1. The molecule has 0 unspecified atom stereocenters. The minimum Gasteiger partial charge on any atom is -0.371 e. The van der Waals surface area contributed by atoms with Crippen LogP contribution < -0.4 is 10.6 Å². The van der Waals surface area contributed by atoms with Crippen LogP contribution in [0.25, 0.3) is 0 Å². The normalized spacial score (nSPS) is 16.0. The van der Waals surface area contributed by atoms with Crippen molar-refractivity contribution in [2.24, 2.45) is 5.73 Å². The first-order chi connectivity index (χ1) is 7.31. The minimum absolute atomic E-state index is 0.739. The summed E-state index contributed by atoms with van der Waals surface area (Å²) in [6, 6.07) is 6.75. The summed E-state index contributed by atoms with van der Waals surface area (Å²) >= 11 is 0. The third-order valence-electron chi connectivity index (χ3n) is 3.14. The molecule has 15 heavy (non-hydrogen) atoms. The molecule has 1 heterocycles. The Kier molecular flexibility index (Phi) is 3.27. The van der Waals surface area contributed by atoms with E-state index < -0.39 is 0 Å². The van der Waals surface area contributed by atoms with E-state index in [-0.39, 0.29) is 0 Å². The van der Waals surface area contributed by atoms with Gasteiger partial charge in [-0.1, -0.05) is 12.1 Å². The van der Waals surface area contributed by atoms with E-state index in [1.54, 1.807) is 0 Å². The molecule has 1 saturated heterocycles. The molecule has 1 aromatic carbocycles. The Balaban J connectivity index is 2.18. The smallest absolute Gasteiger partial charge is 0.0396 e. The molecule has 0 spiro atoms. The minimum atomic E-state index is 0.739. The highest BCUT2D eigenvalue weighted by molar-refractivity contribution is 5.55. The van der Waals surface area contributed by atoms with Crippen LogP contribution in [0.5, 0.6) is 0 Å². The van der Waals surface area contributed by atoms with E-state index in [4.69, 9.17) is 5.73 Å². The molecule has 0 saturated carbocycles. The average molecular weight is 204 g/mol. The predicted molar refractivity (Wildman–Crippen MR) is 65.4 cm³/mol. The van der Waals surface area contributed by atoms with Crippen molar-refractivity contribution in [2.75, 3.05) is 24.5 Å². The largest absolute Gasteiger partial charge is 0.371 e. The summed E-state index contributed by atoms with van der Waals surface area (Å²) in [5.41, 5.74) is 9.72. The second-order valence-electron chi connectivity index (χ2n) is 4.35. The van der Waals surface area contributed by atoms with Crippen molar-refractivity contribution in [1.82, 2.24) is 0 Å². The van der Waals surface area contributed by atoms with Crippen LogP contribution in [0, 0.1) is 6.92 Å². The maximum atomic E-state index is 5.56. The first kappa shape index (κ1) is 10.5. The summed E-state index contributed by atoms with van der Waals surface area (Å²) in [5.74, 6) is 0. The van der Waals surface area contributed by atoms with Crippen LogP contribution in [-0.2, 0) is 6.42 Å². The van der Waals surface area contributed by atoms with Crippen molar-refractivity contribution in [3.05, 3.63) is 29.3 Å². The first-order valence-corrected chi connectivity index (χ1v) is 5.86. The molecule has 82 valence electrons. The van der Waals surface area contributed by atoms with Gasteiger partial charge in [-0.2, -0.15) is 0 Å². The average Bonchev–Trinajstić information content (AvgIpc) is 2.71. The fraction of sp³-hybridized carbons (Fsp3) is 0.538. The number of nitrogens with two attached hydrogens (primary N) is 1. The number of hydrogen-bond donors (Lipinski definition) is 1. The van der Waals surface area contributed by atoms with Crippen molar-refractivity contribution in [3.63, 3.8) is 0 Å². The number of aryl methyl sites for hydroxylation is 1. The Bertz CT molecular complexity index is 327. The van der Waals surface area contributed by atoms with Crippen LogP contribution in [0.3, 0.4) is 0 Å². The summed E-state index contributed by atoms with van der Waals surface area (Å²) in [5, 5.41) is 0. The van der Waals surface area contributed by atoms with Crippen molar-refractivity contribution >= 4 is 5.69 Å². The number of benzene rings is 1. The molecule has 0 aliphatic carbocycles. The Labute approximate surface area is 92.1 Å². The Morgan fingerprint density at radius 3 is 2.60 bits per heavy atom. The quantitative estimate of drug-likeness (QED) is 0.817. The molecule has 0 radical (unpaired) electrons. The van der Waals surface area contributed by atoms with Gasteiger partial charge in [0, 0.05) is 18.8 Å². The number of hydrogen-bond acceptors (Lipinski definition) is 2. The van der Waals surface area contributed by atoms with Gasteiger partial charge in [-0.15, -0.1) is 0 Å². The van der Waals surface area contributed by atoms with Crippen LogP contribution in [0.1, 0.15) is 24.0 Å². The lowest BCUT2D eigenvalue weighted by Gasteiger charge is -2.20. The molecular weight excluding hydrogens is 184 g/mol. The van der Waals surface area contributed by atoms with Crippen LogP contribution in [0.2, 0.25) is 0 Å². The molecule has 1 aliphatic heterocycles. The molecule has 1 aliphatic rings. The lowest BCUT2D eigenvalue weighted by Crippen LogP contribution is -2.18. The van der Waals surface area contributed by atoms with Crippen LogP contribution in [0.15, 0.2) is 18.2 Å². The van der Waals surface area contributed by atoms with Crippen molar-refractivity contribution in [3.8, 4) is 0 Å². The molecule has 1 aromatic rings. The summed E-state index contributed by atoms with van der Waals surface area (Å²) in [6.45, 7) is 5.38. The third-order valence-corrected chi connectivity index (χ3v) is 3.14. The van der Waals surface area contributed by atoms with Gasteiger partial charge >= 0.3 is 0 Å². The molecule has 2 N–H and O–H groups in total. The van der Waals surface area contributed by atoms with Gasteiger partial charge in [0.05, 0.1) is 0 Å². The fourth-order valence-corrected chi connectivity index (χ4v) is 2.35. The van der Waals surface area contributed by atoms with Gasteiger partial charge in [-0.25, -0.2) is 0 Å². The van der Waals surface area contributed by atoms with E-state index in [1.807, 2.05) is 0 Å². The molecule has 1 fully saturated rings. The molecule has 0 bridgehead atoms. The van der Waals surface area contributed by atoms with Gasteiger partial charge in [0.1, 0.15) is 0 Å². The summed E-state index contributed by atoms with van der Waals surface area (Å²) < 4.78 is 0. The zero-order valence-corrected chi connectivity index (χ0v) is 9.50. The molecule has 0 atom stereocenters. The van der Waals surface area contributed by atoms with Gasteiger partial charge in [-0.3, -0.25) is 0 Å². The number of anilines is 1. The van der Waals surface area contributed by atoms with Crippen LogP contribution in [0.4, 0.5) is 5.69 Å². The predicted octanol–water partition coefficient (Wildman–Crippen LogP) is 2.10. The highest BCUT2D eigenvalue weighted by Gasteiger charge is 2.13. The molecule has 0 amide bonds. The maximum Gasteiger partial charge on any atom is 0.0396 e. The fourth-order valence-electron chi connectivity index (χ4n) is 2.35. The van der Waals surface area contributed by atoms with E-state index in [2.05, 4.69) is 30.0 Å². The molecule has 0 aromatic heterocycles. The van der Waals surface area contributed by atoms with E-state index in [1.165, 1.54) is 42.7 Å². The maximum absolute atomic E-state index is 5.56. The van der Waals surface area contributed by atoms with Gasteiger partial charge in [-0.05, 0) is 49.9 Å². The van der Waals surface area contributed by atoms with Crippen LogP contribution >= 0.6 is 0 Å². The van der Waals surface area contributed by atoms with Crippen molar-refractivity contribution < 1.29 is 0 Å². The number of nitrogens with zero attached hydrogens (tertiary/aromatic N) is 1. The second kappa shape index (κ2) is 4.67. The number of rotatable bonds is 3. The topological polar surface area (TPSA) is 29.3 Å². The Morgan fingerprint density at radius 1 is 1.27 bits per heavy atom. The zero-order chi connectivity index (χ0) is 10.7. The zero-order valence-electron chi connectivity index (χ0n) is 9.50. The molecule has 2 rings (SSSR count). The van der Waals surface area contributed by atoms with E-state index >= 15 is 0 Å². The molecular formula is C13H20N2. The summed E-state index contributed by atoms with van der Waals surface area (Å²) in [7, 11) is 0. The van der Waals surface area contributed by atoms with E-state index in [0.717, 1.165) is 13.0 Å². The Morgan fingerprint density at radius 2 is 2.00 bits per heavy atom. The van der Waals surface area contributed by atoms with Gasteiger partial charge < -0.3 is 10.6 Å². The highest BCUT2D eigenvalue weighted by atomic mass is 15.1. The standard InChI is InChI=1S/C13H20N2/c1-11-10-12(6-7-14)4-5-13(11)15-8-2-3-9-15/h4-5,10H,2-3,6-9,14H2,1H3. The van der Waals surface area contributed by atoms with Gasteiger partial charge in [0.15, 0.2) is 0 Å². The van der Waals surface area contributed by atoms with Crippen LogP contribution in [-0.4, -0.2) is 19.6 Å². The SMILES string of the molecule is Cc1cc(CCN)ccc1N1CCCC1. The summed E-state index contributed by atoms with van der Waals surface area (Å²) in [6.07, 6.45) is 3.66. The van der Waals surface area contributed by atoms with Gasteiger partial charge in [0.2, 0.25) is 0 Å². The molecule has 2 heteroatoms. The highest BCUT2D eigenvalue weighted by Crippen LogP contribution is 2.24. The monoisotopic (exact) mass is 204 g/mol. The Hall–Kier alpha value is -1.02. The molecule has 2 nitrogen and oxygen atoms in total. The van der Waals surface area contributed by atoms with Crippen molar-refractivity contribution in [2.45, 2.75) is 26.2 Å². The van der Waals surface area contributed by atoms with Crippen molar-refractivity contribution in [1.29, 1.82) is 0 Å². The third kappa shape index (κ3) is 2.32.